The van der Waals surface area contributed by atoms with Crippen molar-refractivity contribution in [1.82, 2.24) is 14.8 Å². The van der Waals surface area contributed by atoms with Crippen molar-refractivity contribution in [2.24, 2.45) is 0 Å². The van der Waals surface area contributed by atoms with Gasteiger partial charge in [0.15, 0.2) is 5.13 Å². The molecule has 0 atom stereocenters. The molecule has 0 bridgehead atoms. The van der Waals surface area contributed by atoms with Crippen LogP contribution in [0.25, 0.3) is 0 Å². The number of nitrogens with zero attached hydrogens (tertiary/aromatic N) is 4. The van der Waals surface area contributed by atoms with Crippen LogP contribution in [0.15, 0.2) is 29.6 Å². The lowest BCUT2D eigenvalue weighted by atomic mass is 10.2. The van der Waals surface area contributed by atoms with Crippen molar-refractivity contribution < 1.29 is 9.53 Å². The van der Waals surface area contributed by atoms with Gasteiger partial charge in [-0.05, 0) is 24.3 Å². The maximum absolute atomic E-state index is 12.6. The van der Waals surface area contributed by atoms with Crippen LogP contribution in [-0.2, 0) is 11.3 Å². The van der Waals surface area contributed by atoms with Crippen LogP contribution in [0, 0.1) is 0 Å². The average Bonchev–Trinajstić information content (AvgIpc) is 3.17. The van der Waals surface area contributed by atoms with Crippen LogP contribution in [-0.4, -0.2) is 73.2 Å². The Balaban J connectivity index is 1.31. The van der Waals surface area contributed by atoms with Gasteiger partial charge in [0.2, 0.25) is 0 Å². The number of hydrogen-bond acceptors (Lipinski definition) is 6. The van der Waals surface area contributed by atoms with Crippen LogP contribution < -0.4 is 4.90 Å². The monoisotopic (exact) mass is 406 g/mol. The second kappa shape index (κ2) is 8.56. The van der Waals surface area contributed by atoms with Crippen LogP contribution >= 0.6 is 22.9 Å². The topological polar surface area (TPSA) is 48.9 Å². The minimum absolute atomic E-state index is 0.0680. The second-order valence-electron chi connectivity index (χ2n) is 6.80. The Bertz CT molecular complexity index is 768. The molecule has 1 aromatic heterocycles. The largest absolute Gasteiger partial charge is 0.379 e. The highest BCUT2D eigenvalue weighted by Gasteiger charge is 2.24. The minimum Gasteiger partial charge on any atom is -0.379 e. The van der Waals surface area contributed by atoms with Gasteiger partial charge in [-0.3, -0.25) is 9.69 Å². The normalized spacial score (nSPS) is 18.7. The predicted octanol–water partition coefficient (Wildman–Crippen LogP) is 2.59. The van der Waals surface area contributed by atoms with Gasteiger partial charge in [0.25, 0.3) is 5.91 Å². The number of amides is 1. The molecule has 2 aliphatic heterocycles. The number of carbonyl (C=O) groups is 1. The first-order valence-electron chi connectivity index (χ1n) is 9.23. The van der Waals surface area contributed by atoms with E-state index in [4.69, 9.17) is 21.3 Å². The Kier molecular flexibility index (Phi) is 5.92. The van der Waals surface area contributed by atoms with E-state index >= 15 is 0 Å². The van der Waals surface area contributed by atoms with Crippen molar-refractivity contribution in [1.29, 1.82) is 0 Å². The van der Waals surface area contributed by atoms with Crippen LogP contribution in [0.5, 0.6) is 0 Å². The van der Waals surface area contributed by atoms with Crippen LogP contribution in [0.4, 0.5) is 5.13 Å². The van der Waals surface area contributed by atoms with Gasteiger partial charge < -0.3 is 14.5 Å². The van der Waals surface area contributed by atoms with E-state index in [9.17, 15) is 4.79 Å². The van der Waals surface area contributed by atoms with Crippen LogP contribution in [0.2, 0.25) is 5.02 Å². The summed E-state index contributed by atoms with van der Waals surface area (Å²) < 4.78 is 5.40. The zero-order chi connectivity index (χ0) is 18.6. The molecule has 2 saturated heterocycles. The molecular weight excluding hydrogens is 384 g/mol. The summed E-state index contributed by atoms with van der Waals surface area (Å²) in [4.78, 5) is 24.0. The number of morpholine rings is 1. The number of rotatable bonds is 4. The Hall–Kier alpha value is -1.67. The highest BCUT2D eigenvalue weighted by molar-refractivity contribution is 7.13. The van der Waals surface area contributed by atoms with Crippen LogP contribution in [0.1, 0.15) is 16.1 Å². The number of benzene rings is 1. The summed E-state index contributed by atoms with van der Waals surface area (Å²) in [5, 5.41) is 3.85. The molecule has 144 valence electrons. The molecule has 1 aromatic carbocycles. The zero-order valence-corrected chi connectivity index (χ0v) is 16.7. The van der Waals surface area contributed by atoms with Crippen molar-refractivity contribution >= 4 is 34.0 Å². The number of anilines is 1. The predicted molar refractivity (Wildman–Crippen MR) is 108 cm³/mol. The van der Waals surface area contributed by atoms with E-state index in [-0.39, 0.29) is 5.91 Å². The van der Waals surface area contributed by atoms with Gasteiger partial charge in [0, 0.05) is 61.8 Å². The summed E-state index contributed by atoms with van der Waals surface area (Å²) in [7, 11) is 0. The molecule has 4 rings (SSSR count). The summed E-state index contributed by atoms with van der Waals surface area (Å²) in [5.74, 6) is 0.0680. The second-order valence-corrected chi connectivity index (χ2v) is 8.07. The first-order valence-corrected chi connectivity index (χ1v) is 10.5. The third-order valence-electron chi connectivity index (χ3n) is 4.96. The number of carbonyl (C=O) groups excluding carboxylic acids is 1. The van der Waals surface area contributed by atoms with Gasteiger partial charge in [0.05, 0.1) is 18.9 Å². The van der Waals surface area contributed by atoms with Gasteiger partial charge >= 0.3 is 0 Å². The third-order valence-corrected chi connectivity index (χ3v) is 6.16. The standard InChI is InChI=1S/C19H23ClN4O2S/c20-16-3-1-15(2-4-16)18(25)23-5-7-24(8-6-23)19-21-17(14-27-19)13-22-9-11-26-12-10-22/h1-4,14H,5-13H2. The van der Waals surface area contributed by atoms with E-state index in [1.807, 2.05) is 4.90 Å². The summed E-state index contributed by atoms with van der Waals surface area (Å²) in [5.41, 5.74) is 1.81. The van der Waals surface area contributed by atoms with E-state index in [1.54, 1.807) is 35.6 Å². The lowest BCUT2D eigenvalue weighted by Crippen LogP contribution is -2.48. The number of piperazine rings is 1. The molecule has 6 nitrogen and oxygen atoms in total. The number of ether oxygens (including phenoxy) is 1. The van der Waals surface area contributed by atoms with E-state index in [0.29, 0.717) is 23.7 Å². The van der Waals surface area contributed by atoms with Gasteiger partial charge in [-0.15, -0.1) is 11.3 Å². The minimum atomic E-state index is 0.0680. The summed E-state index contributed by atoms with van der Waals surface area (Å²) >= 11 is 7.60. The lowest BCUT2D eigenvalue weighted by Gasteiger charge is -2.34. The maximum atomic E-state index is 12.6. The molecule has 8 heteroatoms. The van der Waals surface area contributed by atoms with Gasteiger partial charge in [-0.25, -0.2) is 4.98 Å². The Morgan fingerprint density at radius 1 is 1.07 bits per heavy atom. The first kappa shape index (κ1) is 18.7. The van der Waals surface area contributed by atoms with Crippen molar-refractivity contribution in [3.05, 3.63) is 45.9 Å². The summed E-state index contributed by atoms with van der Waals surface area (Å²) in [6.07, 6.45) is 0. The van der Waals surface area contributed by atoms with Gasteiger partial charge in [-0.1, -0.05) is 11.6 Å². The molecule has 27 heavy (non-hydrogen) atoms. The molecule has 2 aliphatic rings. The molecule has 0 radical (unpaired) electrons. The fraction of sp³-hybridized carbons (Fsp3) is 0.474. The van der Waals surface area contributed by atoms with Crippen molar-refractivity contribution in [3.8, 4) is 0 Å². The average molecular weight is 407 g/mol. The molecule has 1 amide bonds. The highest BCUT2D eigenvalue weighted by Crippen LogP contribution is 2.23. The lowest BCUT2D eigenvalue weighted by molar-refractivity contribution is 0.0337. The van der Waals surface area contributed by atoms with E-state index in [1.165, 1.54) is 0 Å². The molecule has 0 spiro atoms. The van der Waals surface area contributed by atoms with Crippen molar-refractivity contribution in [2.75, 3.05) is 57.4 Å². The summed E-state index contributed by atoms with van der Waals surface area (Å²) in [6.45, 7) is 7.47. The number of aromatic nitrogens is 1. The van der Waals surface area contributed by atoms with Crippen molar-refractivity contribution in [3.63, 3.8) is 0 Å². The fourth-order valence-corrected chi connectivity index (χ4v) is 4.37. The van der Waals surface area contributed by atoms with Gasteiger partial charge in [-0.2, -0.15) is 0 Å². The fourth-order valence-electron chi connectivity index (χ4n) is 3.38. The Labute approximate surface area is 168 Å². The maximum Gasteiger partial charge on any atom is 0.253 e. The highest BCUT2D eigenvalue weighted by atomic mass is 35.5. The number of halogens is 1. The summed E-state index contributed by atoms with van der Waals surface area (Å²) in [6, 6.07) is 7.10. The molecule has 3 heterocycles. The van der Waals surface area contributed by atoms with E-state index in [2.05, 4.69) is 15.2 Å². The zero-order valence-electron chi connectivity index (χ0n) is 15.1. The molecular formula is C19H23ClN4O2S. The molecule has 0 saturated carbocycles. The molecule has 2 aromatic rings. The molecule has 0 aliphatic carbocycles. The number of thiazole rings is 1. The Morgan fingerprint density at radius 3 is 2.48 bits per heavy atom. The molecule has 0 N–H and O–H groups in total. The molecule has 0 unspecified atom stereocenters. The molecule has 2 fully saturated rings. The van der Waals surface area contributed by atoms with E-state index in [0.717, 1.165) is 56.8 Å². The van der Waals surface area contributed by atoms with Crippen LogP contribution in [0.3, 0.4) is 0 Å². The smallest absolute Gasteiger partial charge is 0.253 e. The first-order chi connectivity index (χ1) is 13.2. The Morgan fingerprint density at radius 2 is 1.78 bits per heavy atom. The van der Waals surface area contributed by atoms with E-state index < -0.39 is 0 Å². The SMILES string of the molecule is O=C(c1ccc(Cl)cc1)N1CCN(c2nc(CN3CCOCC3)cs2)CC1. The van der Waals surface area contributed by atoms with Crippen molar-refractivity contribution in [2.45, 2.75) is 6.54 Å². The third kappa shape index (κ3) is 4.60. The quantitative estimate of drug-likeness (QED) is 0.781. The van der Waals surface area contributed by atoms with Gasteiger partial charge in [0.1, 0.15) is 0 Å². The number of hydrogen-bond donors (Lipinski definition) is 0.